The van der Waals surface area contributed by atoms with E-state index < -0.39 is 0 Å². The summed E-state index contributed by atoms with van der Waals surface area (Å²) in [6, 6.07) is 22.5. The number of aryl methyl sites for hydroxylation is 1. The number of nitrogens with one attached hydrogen (secondary N) is 1. The maximum Gasteiger partial charge on any atom is 0.234 e. The van der Waals surface area contributed by atoms with Gasteiger partial charge in [-0.25, -0.2) is 0 Å². The Balaban J connectivity index is 1.56. The molecule has 0 aliphatic carbocycles. The molecule has 174 valence electrons. The lowest BCUT2D eigenvalue weighted by molar-refractivity contribution is -0.113. The first-order valence-electron chi connectivity index (χ1n) is 10.5. The van der Waals surface area contributed by atoms with E-state index in [1.54, 1.807) is 19.2 Å². The molecule has 1 heterocycles. The monoisotopic (exact) mass is 494 g/mol. The number of aromatic nitrogens is 3. The molecule has 4 aromatic rings. The van der Waals surface area contributed by atoms with Crippen molar-refractivity contribution in [2.75, 3.05) is 18.2 Å². The second-order valence-electron chi connectivity index (χ2n) is 7.33. The van der Waals surface area contributed by atoms with Gasteiger partial charge in [-0.15, -0.1) is 10.2 Å². The van der Waals surface area contributed by atoms with Crippen LogP contribution in [0.5, 0.6) is 11.5 Å². The van der Waals surface area contributed by atoms with Gasteiger partial charge in [0, 0.05) is 0 Å². The predicted octanol–water partition coefficient (Wildman–Crippen LogP) is 5.55. The Morgan fingerprint density at radius 2 is 1.85 bits per heavy atom. The number of hydrogen-bond acceptors (Lipinski definition) is 6. The van der Waals surface area contributed by atoms with Gasteiger partial charge in [0.05, 0.1) is 29.3 Å². The van der Waals surface area contributed by atoms with Crippen molar-refractivity contribution in [3.63, 3.8) is 0 Å². The zero-order valence-electron chi connectivity index (χ0n) is 18.7. The highest BCUT2D eigenvalue weighted by Crippen LogP contribution is 2.29. The summed E-state index contributed by atoms with van der Waals surface area (Å²) in [5, 5.41) is 12.5. The number of rotatable bonds is 9. The van der Waals surface area contributed by atoms with E-state index in [1.165, 1.54) is 11.8 Å². The van der Waals surface area contributed by atoms with Crippen LogP contribution in [-0.4, -0.2) is 33.5 Å². The quantitative estimate of drug-likeness (QED) is 0.307. The lowest BCUT2D eigenvalue weighted by atomic mass is 10.2. The smallest absolute Gasteiger partial charge is 0.234 e. The molecule has 0 radical (unpaired) electrons. The van der Waals surface area contributed by atoms with E-state index in [0.29, 0.717) is 27.4 Å². The molecule has 34 heavy (non-hydrogen) atoms. The number of thioether (sulfide) groups is 1. The number of methoxy groups -OCH3 is 1. The van der Waals surface area contributed by atoms with Crippen LogP contribution in [0.3, 0.4) is 0 Å². The minimum absolute atomic E-state index is 0.122. The van der Waals surface area contributed by atoms with Crippen LogP contribution >= 0.6 is 23.4 Å². The third-order valence-electron chi connectivity index (χ3n) is 4.86. The number of nitrogens with zero attached hydrogens (tertiary/aromatic N) is 3. The molecule has 4 rings (SSSR count). The van der Waals surface area contributed by atoms with E-state index in [2.05, 4.69) is 15.5 Å². The number of ether oxygens (including phenoxy) is 2. The Morgan fingerprint density at radius 3 is 2.65 bits per heavy atom. The van der Waals surface area contributed by atoms with E-state index in [4.69, 9.17) is 21.1 Å². The SMILES string of the molecule is COc1ccccc1-n1c(COc2cccc(C)c2)nnc1SCC(=O)Nc1ccccc1Cl. The lowest BCUT2D eigenvalue weighted by Crippen LogP contribution is -2.15. The second kappa shape index (κ2) is 11.1. The van der Waals surface area contributed by atoms with Gasteiger partial charge in [0.25, 0.3) is 0 Å². The zero-order valence-corrected chi connectivity index (χ0v) is 20.3. The van der Waals surface area contributed by atoms with Crippen LogP contribution in [0.1, 0.15) is 11.4 Å². The predicted molar refractivity (Wildman–Crippen MR) is 134 cm³/mol. The minimum Gasteiger partial charge on any atom is -0.495 e. The van der Waals surface area contributed by atoms with Crippen molar-refractivity contribution in [3.8, 4) is 17.2 Å². The zero-order chi connectivity index (χ0) is 23.9. The van der Waals surface area contributed by atoms with Gasteiger partial charge in [0.1, 0.15) is 18.1 Å². The molecule has 1 N–H and O–H groups in total. The van der Waals surface area contributed by atoms with Gasteiger partial charge in [-0.1, -0.05) is 59.8 Å². The van der Waals surface area contributed by atoms with E-state index in [0.717, 1.165) is 17.0 Å². The normalized spacial score (nSPS) is 10.7. The maximum atomic E-state index is 12.6. The highest BCUT2D eigenvalue weighted by atomic mass is 35.5. The summed E-state index contributed by atoms with van der Waals surface area (Å²) < 4.78 is 13.4. The van der Waals surface area contributed by atoms with Crippen molar-refractivity contribution >= 4 is 35.0 Å². The average molecular weight is 495 g/mol. The fourth-order valence-electron chi connectivity index (χ4n) is 3.28. The molecule has 7 nitrogen and oxygen atoms in total. The highest BCUT2D eigenvalue weighted by molar-refractivity contribution is 7.99. The number of carbonyl (C=O) groups is 1. The molecule has 0 atom stereocenters. The largest absolute Gasteiger partial charge is 0.495 e. The van der Waals surface area contributed by atoms with E-state index in [1.807, 2.05) is 72.2 Å². The summed E-state index contributed by atoms with van der Waals surface area (Å²) >= 11 is 7.41. The molecule has 1 amide bonds. The molecule has 0 aliphatic heterocycles. The van der Waals surface area contributed by atoms with Crippen LogP contribution in [0.4, 0.5) is 5.69 Å². The van der Waals surface area contributed by atoms with Gasteiger partial charge in [-0.05, 0) is 48.9 Å². The Morgan fingerprint density at radius 1 is 1.06 bits per heavy atom. The molecule has 3 aromatic carbocycles. The van der Waals surface area contributed by atoms with Crippen molar-refractivity contribution in [1.82, 2.24) is 14.8 Å². The van der Waals surface area contributed by atoms with Gasteiger partial charge in [-0.3, -0.25) is 9.36 Å². The third kappa shape index (κ3) is 5.70. The molecule has 0 saturated heterocycles. The number of amides is 1. The standard InChI is InChI=1S/C25H23ClN4O3S/c1-17-8-7-9-18(14-17)33-15-23-28-29-25(30(23)21-12-5-6-13-22(21)32-2)34-16-24(31)27-20-11-4-3-10-19(20)26/h3-14H,15-16H2,1-2H3,(H,27,31). The Hall–Kier alpha value is -3.49. The Labute approximate surface area is 207 Å². The van der Waals surface area contributed by atoms with Crippen molar-refractivity contribution in [1.29, 1.82) is 0 Å². The summed E-state index contributed by atoms with van der Waals surface area (Å²) in [5.41, 5.74) is 2.42. The molecule has 0 bridgehead atoms. The van der Waals surface area contributed by atoms with Crippen molar-refractivity contribution in [3.05, 3.63) is 89.2 Å². The minimum atomic E-state index is -0.203. The number of halogens is 1. The Kier molecular flexibility index (Phi) is 7.72. The van der Waals surface area contributed by atoms with Crippen LogP contribution < -0.4 is 14.8 Å². The van der Waals surface area contributed by atoms with Gasteiger partial charge in [-0.2, -0.15) is 0 Å². The molecular weight excluding hydrogens is 472 g/mol. The Bertz CT molecular complexity index is 1290. The number of carbonyl (C=O) groups excluding carboxylic acids is 1. The molecule has 9 heteroatoms. The molecule has 0 spiro atoms. The first-order chi connectivity index (χ1) is 16.5. The third-order valence-corrected chi connectivity index (χ3v) is 6.12. The number of benzene rings is 3. The average Bonchev–Trinajstić information content (AvgIpc) is 3.25. The topological polar surface area (TPSA) is 78.3 Å². The van der Waals surface area contributed by atoms with Crippen LogP contribution in [0.25, 0.3) is 5.69 Å². The first-order valence-corrected chi connectivity index (χ1v) is 11.9. The fourth-order valence-corrected chi connectivity index (χ4v) is 4.22. The maximum absolute atomic E-state index is 12.6. The van der Waals surface area contributed by atoms with Crippen LogP contribution in [0.15, 0.2) is 78.0 Å². The molecule has 0 aliphatic rings. The van der Waals surface area contributed by atoms with E-state index in [-0.39, 0.29) is 18.3 Å². The highest BCUT2D eigenvalue weighted by Gasteiger charge is 2.19. The second-order valence-corrected chi connectivity index (χ2v) is 8.68. The lowest BCUT2D eigenvalue weighted by Gasteiger charge is -2.14. The van der Waals surface area contributed by atoms with E-state index >= 15 is 0 Å². The summed E-state index contributed by atoms with van der Waals surface area (Å²) in [6.07, 6.45) is 0. The first kappa shape index (κ1) is 23.7. The number of hydrogen-bond donors (Lipinski definition) is 1. The van der Waals surface area contributed by atoms with Crippen LogP contribution in [-0.2, 0) is 11.4 Å². The van der Waals surface area contributed by atoms with Gasteiger partial charge < -0.3 is 14.8 Å². The summed E-state index contributed by atoms with van der Waals surface area (Å²) in [7, 11) is 1.61. The van der Waals surface area contributed by atoms with Crippen molar-refractivity contribution in [2.24, 2.45) is 0 Å². The number of anilines is 1. The molecule has 0 fully saturated rings. The molecule has 1 aromatic heterocycles. The van der Waals surface area contributed by atoms with Gasteiger partial charge >= 0.3 is 0 Å². The van der Waals surface area contributed by atoms with E-state index in [9.17, 15) is 4.79 Å². The van der Waals surface area contributed by atoms with Gasteiger partial charge in [0.15, 0.2) is 11.0 Å². The summed E-state index contributed by atoms with van der Waals surface area (Å²) in [4.78, 5) is 12.6. The molecular formula is C25H23ClN4O3S. The molecule has 0 unspecified atom stereocenters. The molecule has 0 saturated carbocycles. The van der Waals surface area contributed by atoms with Gasteiger partial charge in [0.2, 0.25) is 5.91 Å². The van der Waals surface area contributed by atoms with Crippen LogP contribution in [0.2, 0.25) is 5.02 Å². The fraction of sp³-hybridized carbons (Fsp3) is 0.160. The summed E-state index contributed by atoms with van der Waals surface area (Å²) in [6.45, 7) is 2.20. The van der Waals surface area contributed by atoms with Crippen LogP contribution in [0, 0.1) is 6.92 Å². The summed E-state index contributed by atoms with van der Waals surface area (Å²) in [5.74, 6) is 1.90. The van der Waals surface area contributed by atoms with Crippen molar-refractivity contribution < 1.29 is 14.3 Å². The number of para-hydroxylation sites is 3. The van der Waals surface area contributed by atoms with Crippen molar-refractivity contribution in [2.45, 2.75) is 18.7 Å².